The molecule has 2 saturated heterocycles. The molecule has 2 fully saturated rings. The molecule has 2 aliphatic rings. The average Bonchev–Trinajstić information content (AvgIpc) is 2.66. The second-order valence-corrected chi connectivity index (χ2v) is 6.47. The molecule has 94 valence electrons. The van der Waals surface area contributed by atoms with Gasteiger partial charge in [-0.1, -0.05) is 20.3 Å². The average molecular weight is 224 g/mol. The zero-order chi connectivity index (χ0) is 11.6. The third-order valence-electron chi connectivity index (χ3n) is 4.53. The van der Waals surface area contributed by atoms with E-state index in [-0.39, 0.29) is 0 Å². The van der Waals surface area contributed by atoms with Crippen LogP contribution < -0.4 is 5.32 Å². The van der Waals surface area contributed by atoms with Gasteiger partial charge in [-0.15, -0.1) is 0 Å². The Bertz CT molecular complexity index is 219. The van der Waals surface area contributed by atoms with E-state index in [1.807, 2.05) is 0 Å². The van der Waals surface area contributed by atoms with E-state index < -0.39 is 0 Å². The van der Waals surface area contributed by atoms with Crippen LogP contribution in [0.4, 0.5) is 0 Å². The third-order valence-corrected chi connectivity index (χ3v) is 4.53. The predicted molar refractivity (Wildman–Crippen MR) is 69.6 cm³/mol. The van der Waals surface area contributed by atoms with Crippen molar-refractivity contribution in [3.8, 4) is 0 Å². The molecule has 0 saturated carbocycles. The van der Waals surface area contributed by atoms with Crippen molar-refractivity contribution in [3.05, 3.63) is 0 Å². The molecule has 2 aliphatic heterocycles. The highest BCUT2D eigenvalue weighted by molar-refractivity contribution is 4.91. The first-order chi connectivity index (χ1) is 7.59. The van der Waals surface area contributed by atoms with Gasteiger partial charge in [-0.2, -0.15) is 0 Å². The molecule has 2 atom stereocenters. The summed E-state index contributed by atoms with van der Waals surface area (Å²) >= 11 is 0. The Labute approximate surface area is 101 Å². The maximum atomic E-state index is 3.72. The second-order valence-electron chi connectivity index (χ2n) is 6.47. The summed E-state index contributed by atoms with van der Waals surface area (Å²) in [5.74, 6) is 1.80. The standard InChI is InChI=1S/C14H28N2/c1-12(2)13-6-9-16(10-13)11-14(3)7-4-5-8-15-14/h12-13,15H,4-11H2,1-3H3. The molecule has 2 unspecified atom stereocenters. The van der Waals surface area contributed by atoms with Crippen LogP contribution in [-0.4, -0.2) is 36.6 Å². The number of nitrogens with one attached hydrogen (secondary N) is 1. The van der Waals surface area contributed by atoms with E-state index in [9.17, 15) is 0 Å². The highest BCUT2D eigenvalue weighted by Gasteiger charge is 2.32. The minimum atomic E-state index is 0.393. The van der Waals surface area contributed by atoms with Crippen molar-refractivity contribution in [2.75, 3.05) is 26.2 Å². The highest BCUT2D eigenvalue weighted by atomic mass is 15.2. The van der Waals surface area contributed by atoms with Crippen molar-refractivity contribution in [1.82, 2.24) is 10.2 Å². The zero-order valence-corrected chi connectivity index (χ0v) is 11.3. The lowest BCUT2D eigenvalue weighted by molar-refractivity contribution is 0.180. The van der Waals surface area contributed by atoms with Crippen molar-refractivity contribution < 1.29 is 0 Å². The van der Waals surface area contributed by atoms with Gasteiger partial charge in [0.25, 0.3) is 0 Å². The van der Waals surface area contributed by atoms with E-state index in [4.69, 9.17) is 0 Å². The number of hydrogen-bond acceptors (Lipinski definition) is 2. The predicted octanol–water partition coefficient (Wildman–Crippen LogP) is 2.50. The zero-order valence-electron chi connectivity index (χ0n) is 11.3. The molecule has 2 nitrogen and oxygen atoms in total. The van der Waals surface area contributed by atoms with Crippen LogP contribution in [0.1, 0.15) is 46.5 Å². The lowest BCUT2D eigenvalue weighted by Gasteiger charge is -2.38. The van der Waals surface area contributed by atoms with E-state index in [1.54, 1.807) is 0 Å². The third kappa shape index (κ3) is 2.98. The van der Waals surface area contributed by atoms with Crippen LogP contribution >= 0.6 is 0 Å². The first-order valence-corrected chi connectivity index (χ1v) is 7.06. The molecule has 0 aromatic rings. The van der Waals surface area contributed by atoms with Crippen molar-refractivity contribution in [1.29, 1.82) is 0 Å². The molecule has 0 amide bonds. The van der Waals surface area contributed by atoms with Crippen LogP contribution in [0.2, 0.25) is 0 Å². The molecule has 0 aromatic heterocycles. The Morgan fingerprint density at radius 1 is 1.38 bits per heavy atom. The summed E-state index contributed by atoms with van der Waals surface area (Å²) in [7, 11) is 0. The fourth-order valence-corrected chi connectivity index (χ4v) is 3.30. The van der Waals surface area contributed by atoms with Gasteiger partial charge in [0.1, 0.15) is 0 Å². The lowest BCUT2D eigenvalue weighted by Crippen LogP contribution is -2.53. The molecule has 0 spiro atoms. The summed E-state index contributed by atoms with van der Waals surface area (Å²) in [6, 6.07) is 0. The fourth-order valence-electron chi connectivity index (χ4n) is 3.30. The molecule has 2 heterocycles. The normalized spacial score (nSPS) is 37.1. The molecule has 2 heteroatoms. The van der Waals surface area contributed by atoms with Crippen LogP contribution in [-0.2, 0) is 0 Å². The van der Waals surface area contributed by atoms with Crippen LogP contribution in [0.25, 0.3) is 0 Å². The molecule has 0 bridgehead atoms. The van der Waals surface area contributed by atoms with Gasteiger partial charge in [-0.3, -0.25) is 0 Å². The van der Waals surface area contributed by atoms with Crippen LogP contribution in [0.3, 0.4) is 0 Å². The fraction of sp³-hybridized carbons (Fsp3) is 1.00. The van der Waals surface area contributed by atoms with Gasteiger partial charge in [-0.05, 0) is 51.1 Å². The number of hydrogen-bond donors (Lipinski definition) is 1. The van der Waals surface area contributed by atoms with Crippen molar-refractivity contribution >= 4 is 0 Å². The largest absolute Gasteiger partial charge is 0.310 e. The van der Waals surface area contributed by atoms with E-state index in [0.717, 1.165) is 11.8 Å². The maximum Gasteiger partial charge on any atom is 0.0280 e. The molecule has 0 radical (unpaired) electrons. The van der Waals surface area contributed by atoms with E-state index in [2.05, 4.69) is 31.0 Å². The summed E-state index contributed by atoms with van der Waals surface area (Å²) < 4.78 is 0. The number of likely N-dealkylation sites (tertiary alicyclic amines) is 1. The van der Waals surface area contributed by atoms with E-state index >= 15 is 0 Å². The van der Waals surface area contributed by atoms with Crippen LogP contribution in [0.15, 0.2) is 0 Å². The Morgan fingerprint density at radius 2 is 2.19 bits per heavy atom. The highest BCUT2D eigenvalue weighted by Crippen LogP contribution is 2.27. The first kappa shape index (κ1) is 12.4. The monoisotopic (exact) mass is 224 g/mol. The molecule has 2 rings (SSSR count). The summed E-state index contributed by atoms with van der Waals surface area (Å²) in [5.41, 5.74) is 0.393. The summed E-state index contributed by atoms with van der Waals surface area (Å²) in [6.45, 7) is 12.3. The van der Waals surface area contributed by atoms with E-state index in [1.165, 1.54) is 51.9 Å². The number of nitrogens with zero attached hydrogens (tertiary/aromatic N) is 1. The van der Waals surface area contributed by atoms with Crippen molar-refractivity contribution in [2.24, 2.45) is 11.8 Å². The topological polar surface area (TPSA) is 15.3 Å². The van der Waals surface area contributed by atoms with Gasteiger partial charge in [0.15, 0.2) is 0 Å². The van der Waals surface area contributed by atoms with Crippen LogP contribution in [0.5, 0.6) is 0 Å². The Balaban J connectivity index is 1.81. The van der Waals surface area contributed by atoms with Gasteiger partial charge >= 0.3 is 0 Å². The van der Waals surface area contributed by atoms with Gasteiger partial charge in [-0.25, -0.2) is 0 Å². The number of rotatable bonds is 3. The van der Waals surface area contributed by atoms with Gasteiger partial charge in [0.2, 0.25) is 0 Å². The quantitative estimate of drug-likeness (QED) is 0.792. The van der Waals surface area contributed by atoms with Crippen molar-refractivity contribution in [2.45, 2.75) is 52.0 Å². The van der Waals surface area contributed by atoms with Crippen LogP contribution in [0, 0.1) is 11.8 Å². The lowest BCUT2D eigenvalue weighted by atomic mass is 9.90. The Hall–Kier alpha value is -0.0800. The first-order valence-electron chi connectivity index (χ1n) is 7.06. The molecule has 16 heavy (non-hydrogen) atoms. The number of piperidine rings is 1. The molecule has 0 aromatic carbocycles. The molecular weight excluding hydrogens is 196 g/mol. The SMILES string of the molecule is CC(C)C1CCN(CC2(C)CCCCN2)C1. The smallest absolute Gasteiger partial charge is 0.0280 e. The van der Waals surface area contributed by atoms with E-state index in [0.29, 0.717) is 5.54 Å². The minimum Gasteiger partial charge on any atom is -0.310 e. The van der Waals surface area contributed by atoms with Gasteiger partial charge in [0.05, 0.1) is 0 Å². The Kier molecular flexibility index (Phi) is 3.91. The molecule has 1 N–H and O–H groups in total. The van der Waals surface area contributed by atoms with Gasteiger partial charge < -0.3 is 10.2 Å². The second kappa shape index (κ2) is 5.05. The molecular formula is C14H28N2. The maximum absolute atomic E-state index is 3.72. The summed E-state index contributed by atoms with van der Waals surface area (Å²) in [5, 5.41) is 3.72. The van der Waals surface area contributed by atoms with Gasteiger partial charge in [0, 0.05) is 18.6 Å². The Morgan fingerprint density at radius 3 is 2.75 bits per heavy atom. The summed E-state index contributed by atoms with van der Waals surface area (Å²) in [6.07, 6.45) is 5.54. The summed E-state index contributed by atoms with van der Waals surface area (Å²) in [4.78, 5) is 2.68. The van der Waals surface area contributed by atoms with Crippen molar-refractivity contribution in [3.63, 3.8) is 0 Å². The molecule has 0 aliphatic carbocycles. The minimum absolute atomic E-state index is 0.393.